The molecule has 1 heterocycles. The minimum atomic E-state index is -0.519. The fourth-order valence-electron chi connectivity index (χ4n) is 5.77. The quantitative estimate of drug-likeness (QED) is 0.213. The lowest BCUT2D eigenvalue weighted by molar-refractivity contribution is -0.120. The third-order valence-corrected chi connectivity index (χ3v) is 7.55. The summed E-state index contributed by atoms with van der Waals surface area (Å²) in [6.07, 6.45) is 5.63. The van der Waals surface area contributed by atoms with Gasteiger partial charge in [-0.1, -0.05) is 110 Å². The lowest BCUT2D eigenvalue weighted by Crippen LogP contribution is -2.44. The van der Waals surface area contributed by atoms with Crippen LogP contribution in [0.25, 0.3) is 33.4 Å². The van der Waals surface area contributed by atoms with Crippen molar-refractivity contribution in [3.05, 3.63) is 121 Å². The molecule has 6 heteroatoms. The predicted octanol–water partition coefficient (Wildman–Crippen LogP) is 6.86. The zero-order valence-corrected chi connectivity index (χ0v) is 22.3. The molecular weight excluding hydrogens is 496 g/mol. The molecule has 1 aliphatic carbocycles. The zero-order chi connectivity index (χ0) is 27.5. The van der Waals surface area contributed by atoms with Gasteiger partial charge >= 0.3 is 0 Å². The van der Waals surface area contributed by atoms with Crippen molar-refractivity contribution in [3.63, 3.8) is 0 Å². The average molecular weight is 527 g/mol. The number of imidazole rings is 1. The minimum Gasteiger partial charge on any atom is -0.297 e. The Bertz CT molecular complexity index is 1670. The van der Waals surface area contributed by atoms with Crippen molar-refractivity contribution in [1.29, 1.82) is 0 Å². The molecule has 1 aromatic heterocycles. The molecule has 4 aromatic carbocycles. The van der Waals surface area contributed by atoms with E-state index in [9.17, 15) is 9.59 Å². The number of unbranched alkanes of at least 4 members (excludes halogenated alkanes) is 1. The van der Waals surface area contributed by atoms with Crippen LogP contribution in [0.3, 0.4) is 0 Å². The highest BCUT2D eigenvalue weighted by Crippen LogP contribution is 2.50. The van der Waals surface area contributed by atoms with Crippen molar-refractivity contribution < 1.29 is 9.59 Å². The van der Waals surface area contributed by atoms with E-state index in [2.05, 4.69) is 84.0 Å². The Kier molecular flexibility index (Phi) is 6.98. The summed E-state index contributed by atoms with van der Waals surface area (Å²) in [6, 6.07) is 33.2. The number of amides is 2. The molecule has 1 N–H and O–H groups in total. The molecule has 1 atom stereocenters. The molecule has 40 heavy (non-hydrogen) atoms. The number of hydrogen-bond acceptors (Lipinski definition) is 3. The number of aromatic nitrogens is 2. The van der Waals surface area contributed by atoms with Gasteiger partial charge in [0.05, 0.1) is 5.92 Å². The van der Waals surface area contributed by atoms with Crippen LogP contribution in [-0.4, -0.2) is 28.5 Å². The summed E-state index contributed by atoms with van der Waals surface area (Å²) in [5.74, 6) is -0.264. The Morgan fingerprint density at radius 2 is 1.50 bits per heavy atom. The van der Waals surface area contributed by atoms with E-state index in [0.29, 0.717) is 18.9 Å². The fourth-order valence-corrected chi connectivity index (χ4v) is 5.77. The maximum Gasteiger partial charge on any atom is 0.253 e. The van der Waals surface area contributed by atoms with Crippen LogP contribution < -0.4 is 10.3 Å². The standard InChI is InChI=1S/C34H30N4O2/c1-2-3-21-37(38-22-20-35-34(38)36-23-39)33(40)32-30-17-10-9-16-27(30)29-19-11-18-28(31(29)32)26-15-8-7-14-25(26)24-12-5-4-6-13-24/h4-20,22-23,32H,2-3,21H2,1H3,(H,35,36,39). The molecule has 0 saturated heterocycles. The van der Waals surface area contributed by atoms with Crippen LogP contribution in [0.5, 0.6) is 0 Å². The van der Waals surface area contributed by atoms with Crippen LogP contribution in [-0.2, 0) is 9.59 Å². The second-order valence-electron chi connectivity index (χ2n) is 9.87. The van der Waals surface area contributed by atoms with Crippen molar-refractivity contribution in [1.82, 2.24) is 9.66 Å². The fraction of sp³-hybridized carbons (Fsp3) is 0.147. The predicted molar refractivity (Wildman–Crippen MR) is 160 cm³/mol. The Balaban J connectivity index is 1.55. The molecule has 0 fully saturated rings. The van der Waals surface area contributed by atoms with Crippen molar-refractivity contribution >= 4 is 18.3 Å². The molecule has 2 amide bonds. The minimum absolute atomic E-state index is 0.0590. The zero-order valence-electron chi connectivity index (χ0n) is 22.3. The smallest absolute Gasteiger partial charge is 0.253 e. The second-order valence-corrected chi connectivity index (χ2v) is 9.87. The number of rotatable bonds is 9. The molecule has 6 rings (SSSR count). The van der Waals surface area contributed by atoms with Gasteiger partial charge in [-0.2, -0.15) is 0 Å². The average Bonchev–Trinajstić information content (AvgIpc) is 3.60. The molecule has 0 radical (unpaired) electrons. The van der Waals surface area contributed by atoms with E-state index in [-0.39, 0.29) is 5.91 Å². The van der Waals surface area contributed by atoms with Crippen LogP contribution in [0.15, 0.2) is 109 Å². The molecule has 0 bridgehead atoms. The van der Waals surface area contributed by atoms with Gasteiger partial charge in [0, 0.05) is 18.9 Å². The van der Waals surface area contributed by atoms with E-state index in [4.69, 9.17) is 0 Å². The highest BCUT2D eigenvalue weighted by atomic mass is 16.2. The summed E-state index contributed by atoms with van der Waals surface area (Å²) >= 11 is 0. The number of carbonyl (C=O) groups is 2. The number of anilines is 1. The van der Waals surface area contributed by atoms with E-state index in [1.165, 1.54) is 0 Å². The number of benzene rings is 4. The van der Waals surface area contributed by atoms with Gasteiger partial charge in [-0.3, -0.25) is 14.9 Å². The van der Waals surface area contributed by atoms with Gasteiger partial charge in [-0.05, 0) is 50.9 Å². The number of hydrogen-bond donors (Lipinski definition) is 1. The largest absolute Gasteiger partial charge is 0.297 e. The summed E-state index contributed by atoms with van der Waals surface area (Å²) in [5.41, 5.74) is 8.50. The van der Waals surface area contributed by atoms with Gasteiger partial charge in [0.2, 0.25) is 12.4 Å². The lowest BCUT2D eigenvalue weighted by atomic mass is 9.86. The number of nitrogens with one attached hydrogen (secondary N) is 1. The van der Waals surface area contributed by atoms with Gasteiger partial charge in [-0.15, -0.1) is 0 Å². The van der Waals surface area contributed by atoms with Gasteiger partial charge < -0.3 is 0 Å². The maximum absolute atomic E-state index is 14.7. The SMILES string of the molecule is CCCCN(C(=O)C1c2ccccc2-c2cccc(-c3ccccc3-c3ccccc3)c21)n1ccnc1NC=O. The normalized spacial score (nSPS) is 13.4. The van der Waals surface area contributed by atoms with Crippen LogP contribution >= 0.6 is 0 Å². The molecule has 0 aliphatic heterocycles. The molecule has 0 spiro atoms. The highest BCUT2D eigenvalue weighted by molar-refractivity contribution is 6.04. The first kappa shape index (κ1) is 25.3. The molecule has 1 unspecified atom stereocenters. The van der Waals surface area contributed by atoms with E-state index < -0.39 is 5.92 Å². The topological polar surface area (TPSA) is 67.2 Å². The van der Waals surface area contributed by atoms with Gasteiger partial charge in [0.15, 0.2) is 0 Å². The van der Waals surface area contributed by atoms with Gasteiger partial charge in [-0.25, -0.2) is 14.7 Å². The van der Waals surface area contributed by atoms with Crippen molar-refractivity contribution in [2.75, 3.05) is 16.9 Å². The van der Waals surface area contributed by atoms with Gasteiger partial charge in [0.1, 0.15) is 0 Å². The Morgan fingerprint density at radius 3 is 2.25 bits per heavy atom. The highest BCUT2D eigenvalue weighted by Gasteiger charge is 2.39. The molecule has 6 nitrogen and oxygen atoms in total. The maximum atomic E-state index is 14.7. The van der Waals surface area contributed by atoms with Crippen LogP contribution in [0.4, 0.5) is 5.95 Å². The van der Waals surface area contributed by atoms with Crippen LogP contribution in [0.2, 0.25) is 0 Å². The molecule has 0 saturated carbocycles. The second kappa shape index (κ2) is 11.0. The Hall–Kier alpha value is -4.97. The number of carbonyl (C=O) groups excluding carboxylic acids is 2. The lowest BCUT2D eigenvalue weighted by Gasteiger charge is -2.29. The van der Waals surface area contributed by atoms with E-state index in [1.54, 1.807) is 22.1 Å². The summed E-state index contributed by atoms with van der Waals surface area (Å²) < 4.78 is 1.66. The summed E-state index contributed by atoms with van der Waals surface area (Å²) in [6.45, 7) is 2.59. The summed E-state index contributed by atoms with van der Waals surface area (Å²) in [5, 5.41) is 4.36. The Labute approximate surface area is 233 Å². The third kappa shape index (κ3) is 4.37. The molecular formula is C34H30N4O2. The Morgan fingerprint density at radius 1 is 0.850 bits per heavy atom. The van der Waals surface area contributed by atoms with Crippen LogP contribution in [0.1, 0.15) is 36.8 Å². The monoisotopic (exact) mass is 526 g/mol. The first-order valence-corrected chi connectivity index (χ1v) is 13.6. The molecule has 1 aliphatic rings. The third-order valence-electron chi connectivity index (χ3n) is 7.55. The van der Waals surface area contributed by atoms with Crippen LogP contribution in [0, 0.1) is 0 Å². The van der Waals surface area contributed by atoms with Crippen molar-refractivity contribution in [3.8, 4) is 33.4 Å². The first-order valence-electron chi connectivity index (χ1n) is 13.6. The van der Waals surface area contributed by atoms with Crippen molar-refractivity contribution in [2.24, 2.45) is 0 Å². The number of nitrogens with zero attached hydrogens (tertiary/aromatic N) is 3. The van der Waals surface area contributed by atoms with E-state index in [1.807, 2.05) is 30.3 Å². The molecule has 5 aromatic rings. The van der Waals surface area contributed by atoms with Gasteiger partial charge in [0.25, 0.3) is 5.91 Å². The first-order chi connectivity index (χ1) is 19.7. The van der Waals surface area contributed by atoms with E-state index >= 15 is 0 Å². The van der Waals surface area contributed by atoms with E-state index in [0.717, 1.165) is 57.3 Å². The summed E-state index contributed by atoms with van der Waals surface area (Å²) in [4.78, 5) is 30.3. The molecule has 198 valence electrons. The summed E-state index contributed by atoms with van der Waals surface area (Å²) in [7, 11) is 0. The number of fused-ring (bicyclic) bond motifs is 3. The van der Waals surface area contributed by atoms with Crippen molar-refractivity contribution in [2.45, 2.75) is 25.7 Å².